The third-order valence-corrected chi connectivity index (χ3v) is 4.84. The molecule has 9 heteroatoms. The van der Waals surface area contributed by atoms with Crippen molar-refractivity contribution >= 4 is 51.3 Å². The summed E-state index contributed by atoms with van der Waals surface area (Å²) in [5.41, 5.74) is 2.42. The number of benzene rings is 2. The molecule has 138 valence electrons. The predicted molar refractivity (Wildman–Crippen MR) is 109 cm³/mol. The number of hydrogen-bond acceptors (Lipinski definition) is 5. The molecule has 1 N–H and O–H groups in total. The highest BCUT2D eigenvalue weighted by molar-refractivity contribution is 6.34. The molecule has 5 aromatic rings. The maximum absolute atomic E-state index is 6.25. The van der Waals surface area contributed by atoms with E-state index in [1.807, 2.05) is 60.7 Å². The van der Waals surface area contributed by atoms with Gasteiger partial charge in [-0.05, 0) is 42.5 Å². The fraction of sp³-hybridized carbons (Fsp3) is 0.0526. The zero-order valence-electron chi connectivity index (χ0n) is 14.4. The van der Waals surface area contributed by atoms with Gasteiger partial charge in [-0.15, -0.1) is 15.3 Å². The molecule has 28 heavy (non-hydrogen) atoms. The monoisotopic (exact) mass is 409 g/mol. The minimum atomic E-state index is 0.391. The summed E-state index contributed by atoms with van der Waals surface area (Å²) < 4.78 is 3.49. The number of halogens is 2. The van der Waals surface area contributed by atoms with Gasteiger partial charge >= 0.3 is 0 Å². The zero-order chi connectivity index (χ0) is 19.1. The van der Waals surface area contributed by atoms with Crippen LogP contribution < -0.4 is 5.32 Å². The molecule has 0 saturated carbocycles. The Morgan fingerprint density at radius 1 is 0.893 bits per heavy atom. The summed E-state index contributed by atoms with van der Waals surface area (Å²) in [6, 6.07) is 18.9. The van der Waals surface area contributed by atoms with Crippen molar-refractivity contribution in [2.75, 3.05) is 5.32 Å². The van der Waals surface area contributed by atoms with Gasteiger partial charge in [-0.2, -0.15) is 9.61 Å². The summed E-state index contributed by atoms with van der Waals surface area (Å²) >= 11 is 12.3. The number of rotatable bonds is 4. The van der Waals surface area contributed by atoms with Crippen molar-refractivity contribution in [3.05, 3.63) is 76.7 Å². The lowest BCUT2D eigenvalue weighted by Crippen LogP contribution is -2.08. The van der Waals surface area contributed by atoms with Gasteiger partial charge in [-0.1, -0.05) is 41.4 Å². The molecular formula is C19H13Cl2N7. The molecule has 0 amide bonds. The summed E-state index contributed by atoms with van der Waals surface area (Å²) in [7, 11) is 0. The number of nitrogens with zero attached hydrogens (tertiary/aromatic N) is 6. The standard InChI is InChI=1S/C19H13Cl2N7/c20-12-4-3-5-13(10-12)22-16-8-9-17-23-24-18(28(17)25-16)11-27-15-7-2-1-6-14(15)19(21)26-27/h1-10H,11H2,(H,22,25). The van der Waals surface area contributed by atoms with Gasteiger partial charge in [-0.3, -0.25) is 4.68 Å². The summed E-state index contributed by atoms with van der Waals surface area (Å²) in [5.74, 6) is 1.30. The molecule has 0 unspecified atom stereocenters. The average Bonchev–Trinajstić information content (AvgIpc) is 3.24. The Balaban J connectivity index is 1.51. The van der Waals surface area contributed by atoms with Crippen molar-refractivity contribution in [3.8, 4) is 0 Å². The minimum absolute atomic E-state index is 0.391. The Morgan fingerprint density at radius 2 is 1.79 bits per heavy atom. The molecule has 0 aliphatic rings. The van der Waals surface area contributed by atoms with Gasteiger partial charge in [0, 0.05) is 16.1 Å². The third-order valence-electron chi connectivity index (χ3n) is 4.33. The van der Waals surface area contributed by atoms with Crippen molar-refractivity contribution in [3.63, 3.8) is 0 Å². The number of para-hydroxylation sites is 1. The molecule has 0 aliphatic heterocycles. The normalized spacial score (nSPS) is 11.4. The SMILES string of the molecule is Clc1cccc(Nc2ccc3nnc(Cn4nc(Cl)c5ccccc54)n3n2)c1. The molecule has 0 radical (unpaired) electrons. The van der Waals surface area contributed by atoms with Crippen LogP contribution in [0.25, 0.3) is 16.6 Å². The van der Waals surface area contributed by atoms with Crippen LogP contribution >= 0.6 is 23.2 Å². The van der Waals surface area contributed by atoms with Crippen LogP contribution in [0.3, 0.4) is 0 Å². The van der Waals surface area contributed by atoms with Gasteiger partial charge in [0.05, 0.1) is 5.52 Å². The molecule has 5 rings (SSSR count). The lowest BCUT2D eigenvalue weighted by atomic mass is 10.2. The van der Waals surface area contributed by atoms with E-state index >= 15 is 0 Å². The van der Waals surface area contributed by atoms with Crippen LogP contribution in [0, 0.1) is 0 Å². The van der Waals surface area contributed by atoms with Crippen LogP contribution in [0.2, 0.25) is 10.2 Å². The first-order valence-electron chi connectivity index (χ1n) is 8.52. The Kier molecular flexibility index (Phi) is 4.11. The van der Waals surface area contributed by atoms with Gasteiger partial charge in [0.2, 0.25) is 0 Å². The summed E-state index contributed by atoms with van der Waals surface area (Å²) in [6.07, 6.45) is 0. The Labute approximate surface area is 169 Å². The molecule has 0 saturated heterocycles. The van der Waals surface area contributed by atoms with E-state index in [9.17, 15) is 0 Å². The molecule has 3 aromatic heterocycles. The Morgan fingerprint density at radius 3 is 2.68 bits per heavy atom. The molecule has 2 aromatic carbocycles. The number of hydrogen-bond donors (Lipinski definition) is 1. The summed E-state index contributed by atoms with van der Waals surface area (Å²) in [4.78, 5) is 0. The first-order chi connectivity index (χ1) is 13.7. The first-order valence-corrected chi connectivity index (χ1v) is 9.28. The quantitative estimate of drug-likeness (QED) is 0.470. The van der Waals surface area contributed by atoms with Crippen molar-refractivity contribution in [2.24, 2.45) is 0 Å². The maximum Gasteiger partial charge on any atom is 0.178 e. The van der Waals surface area contributed by atoms with Crippen LogP contribution in [-0.4, -0.2) is 29.6 Å². The van der Waals surface area contributed by atoms with Crippen molar-refractivity contribution in [1.82, 2.24) is 29.6 Å². The maximum atomic E-state index is 6.25. The highest BCUT2D eigenvalue weighted by Crippen LogP contribution is 2.23. The van der Waals surface area contributed by atoms with E-state index in [2.05, 4.69) is 25.7 Å². The smallest absolute Gasteiger partial charge is 0.178 e. The highest BCUT2D eigenvalue weighted by atomic mass is 35.5. The van der Waals surface area contributed by atoms with Crippen LogP contribution in [-0.2, 0) is 6.54 Å². The van der Waals surface area contributed by atoms with Crippen molar-refractivity contribution in [2.45, 2.75) is 6.54 Å². The molecule has 3 heterocycles. The third kappa shape index (κ3) is 3.04. The van der Waals surface area contributed by atoms with E-state index in [0.717, 1.165) is 16.6 Å². The summed E-state index contributed by atoms with van der Waals surface area (Å²) in [6.45, 7) is 0.391. The molecule has 0 bridgehead atoms. The fourth-order valence-corrected chi connectivity index (χ4v) is 3.50. The van der Waals surface area contributed by atoms with E-state index in [0.29, 0.717) is 34.0 Å². The van der Waals surface area contributed by atoms with Gasteiger partial charge < -0.3 is 5.32 Å². The minimum Gasteiger partial charge on any atom is -0.339 e. The fourth-order valence-electron chi connectivity index (χ4n) is 3.05. The molecule has 0 fully saturated rings. The predicted octanol–water partition coefficient (Wildman–Crippen LogP) is 4.57. The van der Waals surface area contributed by atoms with Gasteiger partial charge in [-0.25, -0.2) is 0 Å². The van der Waals surface area contributed by atoms with Crippen LogP contribution in [0.5, 0.6) is 0 Å². The molecular weight excluding hydrogens is 397 g/mol. The van der Waals surface area contributed by atoms with Gasteiger partial charge in [0.1, 0.15) is 6.54 Å². The Hall–Kier alpha value is -3.16. The van der Waals surface area contributed by atoms with Crippen molar-refractivity contribution in [1.29, 1.82) is 0 Å². The first kappa shape index (κ1) is 17.0. The average molecular weight is 410 g/mol. The van der Waals surface area contributed by atoms with E-state index in [4.69, 9.17) is 23.2 Å². The lowest BCUT2D eigenvalue weighted by molar-refractivity contribution is 0.656. The van der Waals surface area contributed by atoms with E-state index in [1.165, 1.54) is 0 Å². The second kappa shape index (κ2) is 6.78. The number of fused-ring (bicyclic) bond motifs is 2. The highest BCUT2D eigenvalue weighted by Gasteiger charge is 2.13. The van der Waals surface area contributed by atoms with Crippen molar-refractivity contribution < 1.29 is 0 Å². The second-order valence-electron chi connectivity index (χ2n) is 6.21. The Bertz CT molecular complexity index is 1310. The second-order valence-corrected chi connectivity index (χ2v) is 7.00. The number of aromatic nitrogens is 6. The van der Waals surface area contributed by atoms with Gasteiger partial charge in [0.25, 0.3) is 0 Å². The topological polar surface area (TPSA) is 72.9 Å². The molecule has 7 nitrogen and oxygen atoms in total. The summed E-state index contributed by atoms with van der Waals surface area (Å²) in [5, 5.41) is 22.7. The van der Waals surface area contributed by atoms with E-state index in [-0.39, 0.29) is 0 Å². The van der Waals surface area contributed by atoms with Crippen LogP contribution in [0.1, 0.15) is 5.82 Å². The van der Waals surface area contributed by atoms with Crippen LogP contribution in [0.15, 0.2) is 60.7 Å². The number of anilines is 2. The van der Waals surface area contributed by atoms with E-state index in [1.54, 1.807) is 9.20 Å². The van der Waals surface area contributed by atoms with E-state index < -0.39 is 0 Å². The molecule has 0 aliphatic carbocycles. The van der Waals surface area contributed by atoms with Gasteiger partial charge in [0.15, 0.2) is 22.4 Å². The largest absolute Gasteiger partial charge is 0.339 e. The lowest BCUT2D eigenvalue weighted by Gasteiger charge is -2.07. The zero-order valence-corrected chi connectivity index (χ0v) is 15.9. The number of nitrogens with one attached hydrogen (secondary N) is 1. The van der Waals surface area contributed by atoms with Crippen LogP contribution in [0.4, 0.5) is 11.5 Å². The molecule has 0 spiro atoms. The molecule has 0 atom stereocenters.